The normalized spacial score (nSPS) is 20.5. The molecule has 3 heterocycles. The Balaban J connectivity index is 1.55. The summed E-state index contributed by atoms with van der Waals surface area (Å²) in [5.74, 6) is 1.65. The van der Waals surface area contributed by atoms with Crippen LogP contribution in [0, 0.1) is 6.92 Å². The Kier molecular flexibility index (Phi) is 5.67. The molecule has 0 aliphatic carbocycles. The van der Waals surface area contributed by atoms with Crippen molar-refractivity contribution in [3.05, 3.63) is 71.6 Å². The average molecular weight is 480 g/mol. The van der Waals surface area contributed by atoms with Crippen LogP contribution in [-0.2, 0) is 9.59 Å². The van der Waals surface area contributed by atoms with Crippen molar-refractivity contribution in [2.45, 2.75) is 11.3 Å². The van der Waals surface area contributed by atoms with Gasteiger partial charge in [-0.25, -0.2) is 0 Å². The summed E-state index contributed by atoms with van der Waals surface area (Å²) in [4.78, 5) is 29.6. The zero-order valence-electron chi connectivity index (χ0n) is 18.1. The maximum Gasteiger partial charge on any atom is 0.240 e. The maximum absolute atomic E-state index is 13.2. The minimum atomic E-state index is -0.922. The van der Waals surface area contributed by atoms with E-state index in [4.69, 9.17) is 9.26 Å². The number of aromatic nitrogens is 1. The molecule has 0 saturated carbocycles. The van der Waals surface area contributed by atoms with Crippen LogP contribution in [0.5, 0.6) is 5.75 Å². The van der Waals surface area contributed by atoms with Crippen molar-refractivity contribution in [3.63, 3.8) is 0 Å². The van der Waals surface area contributed by atoms with Gasteiger partial charge in [-0.1, -0.05) is 65.1 Å². The molecule has 1 atom stereocenters. The number of rotatable bonds is 5. The Hall–Kier alpha value is -3.17. The van der Waals surface area contributed by atoms with Crippen molar-refractivity contribution in [1.82, 2.24) is 5.16 Å². The van der Waals surface area contributed by atoms with Crippen LogP contribution < -0.4 is 14.5 Å². The van der Waals surface area contributed by atoms with Gasteiger partial charge in [-0.2, -0.15) is 0 Å². The largest absolute Gasteiger partial charge is 0.497 e. The number of carbonyl (C=O) groups excluding carboxylic acids is 2. The Labute approximate surface area is 199 Å². The highest BCUT2D eigenvalue weighted by Gasteiger charge is 2.59. The van der Waals surface area contributed by atoms with Crippen molar-refractivity contribution in [3.8, 4) is 5.75 Å². The highest BCUT2D eigenvalue weighted by Crippen LogP contribution is 2.56. The van der Waals surface area contributed by atoms with E-state index in [9.17, 15) is 9.59 Å². The molecule has 0 radical (unpaired) electrons. The van der Waals surface area contributed by atoms with E-state index < -0.39 is 4.33 Å². The number of anilines is 2. The molecule has 1 aromatic heterocycles. The smallest absolute Gasteiger partial charge is 0.240 e. The van der Waals surface area contributed by atoms with Crippen molar-refractivity contribution >= 4 is 58.9 Å². The molecule has 2 saturated heterocycles. The molecule has 7 nitrogen and oxygen atoms in total. The summed E-state index contributed by atoms with van der Waals surface area (Å²) in [6.45, 7) is 1.81. The third-order valence-electron chi connectivity index (χ3n) is 5.47. The Morgan fingerprint density at radius 2 is 1.64 bits per heavy atom. The van der Waals surface area contributed by atoms with Crippen LogP contribution in [-0.4, -0.2) is 39.9 Å². The maximum atomic E-state index is 13.2. The summed E-state index contributed by atoms with van der Waals surface area (Å²) in [6, 6.07) is 17.1. The van der Waals surface area contributed by atoms with Gasteiger partial charge >= 0.3 is 0 Å². The third kappa shape index (κ3) is 3.71. The highest BCUT2D eigenvalue weighted by molar-refractivity contribution is 8.20. The van der Waals surface area contributed by atoms with Crippen LogP contribution in [0.1, 0.15) is 17.0 Å². The molecule has 1 spiro atoms. The topological polar surface area (TPSA) is 75.9 Å². The van der Waals surface area contributed by atoms with Crippen molar-refractivity contribution < 1.29 is 18.8 Å². The Morgan fingerprint density at radius 3 is 2.30 bits per heavy atom. The van der Waals surface area contributed by atoms with E-state index in [2.05, 4.69) is 5.16 Å². The summed E-state index contributed by atoms with van der Waals surface area (Å²) in [6.07, 6.45) is 3.70. The molecule has 3 aromatic rings. The zero-order chi connectivity index (χ0) is 23.0. The van der Waals surface area contributed by atoms with Crippen LogP contribution in [0.25, 0.3) is 12.2 Å². The lowest BCUT2D eigenvalue weighted by Gasteiger charge is -2.39. The van der Waals surface area contributed by atoms with E-state index in [1.807, 2.05) is 67.6 Å². The first-order valence-corrected chi connectivity index (χ1v) is 12.3. The molecule has 1 unspecified atom stereocenters. The van der Waals surface area contributed by atoms with Crippen molar-refractivity contribution in [1.29, 1.82) is 0 Å². The molecule has 2 fully saturated rings. The van der Waals surface area contributed by atoms with Gasteiger partial charge in [0.15, 0.2) is 5.76 Å². The molecule has 0 bridgehead atoms. The second-order valence-electron chi connectivity index (χ2n) is 7.51. The highest BCUT2D eigenvalue weighted by atomic mass is 32.2. The lowest BCUT2D eigenvalue weighted by atomic mass is 10.1. The molecule has 2 amide bonds. The van der Waals surface area contributed by atoms with Gasteiger partial charge in [0.1, 0.15) is 17.1 Å². The van der Waals surface area contributed by atoms with Gasteiger partial charge < -0.3 is 9.26 Å². The summed E-state index contributed by atoms with van der Waals surface area (Å²) in [5.41, 5.74) is 2.87. The molecule has 5 rings (SSSR count). The standard InChI is InChI=1S/C24H21N3O4S2/c1-16-23(20(31-25-16)13-10-17-8-11-19(30-2)12-9-17)27-22(29)15-33-24(27)26(21(28)14-32-24)18-6-4-3-5-7-18/h3-13H,14-15H2,1-2H3/b13-10+. The van der Waals surface area contributed by atoms with Crippen LogP contribution in [0.4, 0.5) is 11.4 Å². The molecule has 9 heteroatoms. The van der Waals surface area contributed by atoms with Crippen LogP contribution in [0.2, 0.25) is 0 Å². The number of nitrogens with zero attached hydrogens (tertiary/aromatic N) is 3. The van der Waals surface area contributed by atoms with Gasteiger partial charge in [0, 0.05) is 5.69 Å². The summed E-state index contributed by atoms with van der Waals surface area (Å²) < 4.78 is 9.90. The molecule has 2 aromatic carbocycles. The number of benzene rings is 2. The minimum absolute atomic E-state index is 0.0390. The first kappa shape index (κ1) is 21.7. The number of aryl methyl sites for hydroxylation is 1. The van der Waals surface area contributed by atoms with Gasteiger partial charge in [-0.15, -0.1) is 0 Å². The quantitative estimate of drug-likeness (QED) is 0.528. The summed E-state index contributed by atoms with van der Waals surface area (Å²) in [5, 5.41) is 4.14. The van der Waals surface area contributed by atoms with E-state index >= 15 is 0 Å². The van der Waals surface area contributed by atoms with E-state index in [1.54, 1.807) is 23.0 Å². The minimum Gasteiger partial charge on any atom is -0.497 e. The number of hydrogen-bond acceptors (Lipinski definition) is 7. The summed E-state index contributed by atoms with van der Waals surface area (Å²) >= 11 is 2.89. The fraction of sp³-hybridized carbons (Fsp3) is 0.208. The number of hydrogen-bond donors (Lipinski definition) is 0. The molecule has 0 N–H and O–H groups in total. The SMILES string of the molecule is COc1ccc(/C=C/c2onc(C)c2N2C(=O)CSC23SCC(=O)N3c2ccccc2)cc1. The predicted octanol–water partition coefficient (Wildman–Crippen LogP) is 4.63. The summed E-state index contributed by atoms with van der Waals surface area (Å²) in [7, 11) is 1.62. The van der Waals surface area contributed by atoms with Gasteiger partial charge in [0.25, 0.3) is 0 Å². The number of thioether (sulfide) groups is 2. The van der Waals surface area contributed by atoms with Crippen LogP contribution in [0.15, 0.2) is 59.1 Å². The van der Waals surface area contributed by atoms with Crippen molar-refractivity contribution in [2.24, 2.45) is 0 Å². The molecule has 168 valence electrons. The Morgan fingerprint density at radius 1 is 0.970 bits per heavy atom. The van der Waals surface area contributed by atoms with Crippen LogP contribution in [0.3, 0.4) is 0 Å². The van der Waals surface area contributed by atoms with Crippen molar-refractivity contribution in [2.75, 3.05) is 28.4 Å². The van der Waals surface area contributed by atoms with Gasteiger partial charge in [-0.05, 0) is 42.8 Å². The number of ether oxygens (including phenoxy) is 1. The monoisotopic (exact) mass is 479 g/mol. The van der Waals surface area contributed by atoms with E-state index in [-0.39, 0.29) is 23.3 Å². The number of amides is 2. The molecular formula is C24H21N3O4S2. The number of para-hydroxylation sites is 1. The first-order chi connectivity index (χ1) is 16.0. The van der Waals surface area contributed by atoms with E-state index in [1.165, 1.54) is 23.5 Å². The second-order valence-corrected chi connectivity index (χ2v) is 10.1. The average Bonchev–Trinajstić information content (AvgIpc) is 3.48. The number of carbonyl (C=O) groups is 2. The lowest BCUT2D eigenvalue weighted by Crippen LogP contribution is -2.53. The molecule has 33 heavy (non-hydrogen) atoms. The number of methoxy groups -OCH3 is 1. The van der Waals surface area contributed by atoms with E-state index in [0.717, 1.165) is 17.0 Å². The van der Waals surface area contributed by atoms with Crippen LogP contribution >= 0.6 is 23.5 Å². The van der Waals surface area contributed by atoms with Gasteiger partial charge in [-0.3, -0.25) is 19.4 Å². The van der Waals surface area contributed by atoms with E-state index in [0.29, 0.717) is 17.1 Å². The lowest BCUT2D eigenvalue weighted by molar-refractivity contribution is -0.116. The van der Waals surface area contributed by atoms with Gasteiger partial charge in [0.2, 0.25) is 16.1 Å². The van der Waals surface area contributed by atoms with Gasteiger partial charge in [0.05, 0.1) is 18.6 Å². The third-order valence-corrected chi connectivity index (χ3v) is 8.44. The fourth-order valence-electron chi connectivity index (χ4n) is 3.96. The fourth-order valence-corrected chi connectivity index (χ4v) is 6.84. The molecular weight excluding hydrogens is 458 g/mol. The zero-order valence-corrected chi connectivity index (χ0v) is 19.7. The molecule has 2 aliphatic heterocycles. The first-order valence-electron chi connectivity index (χ1n) is 10.3. The second kappa shape index (κ2) is 8.64. The predicted molar refractivity (Wildman–Crippen MR) is 132 cm³/mol. The molecule has 2 aliphatic rings. The Bertz CT molecular complexity index is 1220.